The van der Waals surface area contributed by atoms with Crippen molar-refractivity contribution in [2.24, 2.45) is 17.3 Å². The quantitative estimate of drug-likeness (QED) is 0.776. The molecule has 2 aliphatic heterocycles. The van der Waals surface area contributed by atoms with Crippen molar-refractivity contribution in [2.75, 3.05) is 45.8 Å². The molecule has 2 heterocycles. The van der Waals surface area contributed by atoms with Crippen molar-refractivity contribution >= 4 is 5.91 Å². The molecule has 0 bridgehead atoms. The zero-order chi connectivity index (χ0) is 15.9. The van der Waals surface area contributed by atoms with E-state index in [0.29, 0.717) is 23.8 Å². The summed E-state index contributed by atoms with van der Waals surface area (Å²) in [4.78, 5) is 19.9. The van der Waals surface area contributed by atoms with Crippen LogP contribution in [0, 0.1) is 17.3 Å². The zero-order valence-electron chi connectivity index (χ0n) is 14.8. The molecule has 0 aromatic carbocycles. The molecule has 0 atom stereocenters. The first kappa shape index (κ1) is 16.3. The average Bonchev–Trinajstić information content (AvgIpc) is 3.23. The molecule has 3 aliphatic rings. The second-order valence-electron chi connectivity index (χ2n) is 8.32. The smallest absolute Gasteiger partial charge is 0.229 e. The molecule has 3 rings (SSSR count). The zero-order valence-corrected chi connectivity index (χ0v) is 14.8. The monoisotopic (exact) mass is 307 g/mol. The highest BCUT2D eigenvalue weighted by atomic mass is 16.2. The molecule has 4 heteroatoms. The summed E-state index contributed by atoms with van der Waals surface area (Å²) in [6.45, 7) is 16.9. The summed E-state index contributed by atoms with van der Waals surface area (Å²) in [5, 5.41) is 0. The fourth-order valence-electron chi connectivity index (χ4n) is 4.17. The van der Waals surface area contributed by atoms with Gasteiger partial charge in [0.25, 0.3) is 0 Å². The largest absolute Gasteiger partial charge is 0.341 e. The molecular weight excluding hydrogens is 274 g/mol. The van der Waals surface area contributed by atoms with Crippen LogP contribution < -0.4 is 0 Å². The van der Waals surface area contributed by atoms with Crippen molar-refractivity contribution in [1.82, 2.24) is 14.7 Å². The Kier molecular flexibility index (Phi) is 4.52. The van der Waals surface area contributed by atoms with Gasteiger partial charge in [0, 0.05) is 57.8 Å². The van der Waals surface area contributed by atoms with Gasteiger partial charge in [0.05, 0.1) is 5.41 Å². The SMILES string of the molecule is CC(C)N1CCN(CC2CN(C(=O)C3(C(C)C)CC3)C2)CC1. The van der Waals surface area contributed by atoms with Gasteiger partial charge in [-0.05, 0) is 32.6 Å². The highest BCUT2D eigenvalue weighted by Crippen LogP contribution is 2.53. The van der Waals surface area contributed by atoms with E-state index in [1.165, 1.54) is 32.7 Å². The van der Waals surface area contributed by atoms with Crippen LogP contribution in [0.25, 0.3) is 0 Å². The summed E-state index contributed by atoms with van der Waals surface area (Å²) in [6.07, 6.45) is 2.23. The van der Waals surface area contributed by atoms with E-state index >= 15 is 0 Å². The first-order chi connectivity index (χ1) is 10.4. The van der Waals surface area contributed by atoms with Gasteiger partial charge in [-0.1, -0.05) is 13.8 Å². The van der Waals surface area contributed by atoms with Gasteiger partial charge in [0.15, 0.2) is 0 Å². The molecule has 0 spiro atoms. The predicted molar refractivity (Wildman–Crippen MR) is 89.7 cm³/mol. The van der Waals surface area contributed by atoms with E-state index in [4.69, 9.17) is 0 Å². The molecule has 0 radical (unpaired) electrons. The second-order valence-corrected chi connectivity index (χ2v) is 8.32. The molecule has 4 nitrogen and oxygen atoms in total. The Labute approximate surface area is 135 Å². The van der Waals surface area contributed by atoms with Gasteiger partial charge in [-0.25, -0.2) is 0 Å². The number of nitrogens with zero attached hydrogens (tertiary/aromatic N) is 3. The molecule has 1 amide bonds. The first-order valence-electron chi connectivity index (χ1n) is 9.18. The number of rotatable bonds is 5. The van der Waals surface area contributed by atoms with E-state index in [-0.39, 0.29) is 5.41 Å². The highest BCUT2D eigenvalue weighted by molar-refractivity contribution is 5.86. The van der Waals surface area contributed by atoms with Crippen LogP contribution in [0.3, 0.4) is 0 Å². The van der Waals surface area contributed by atoms with Crippen LogP contribution in [0.1, 0.15) is 40.5 Å². The highest BCUT2D eigenvalue weighted by Gasteiger charge is 2.55. The van der Waals surface area contributed by atoms with Crippen LogP contribution in [-0.2, 0) is 4.79 Å². The standard InChI is InChI=1S/C18H33N3O/c1-14(2)18(5-6-18)17(22)21-12-16(13-21)11-19-7-9-20(10-8-19)15(3)4/h14-16H,5-13H2,1-4H3. The number of hydrogen-bond donors (Lipinski definition) is 0. The summed E-state index contributed by atoms with van der Waals surface area (Å²) in [6, 6.07) is 0.671. The summed E-state index contributed by atoms with van der Waals surface area (Å²) in [5.41, 5.74) is 0.0217. The van der Waals surface area contributed by atoms with Crippen LogP contribution in [0.5, 0.6) is 0 Å². The van der Waals surface area contributed by atoms with E-state index in [2.05, 4.69) is 42.4 Å². The van der Waals surface area contributed by atoms with E-state index in [1.807, 2.05) is 0 Å². The summed E-state index contributed by atoms with van der Waals surface area (Å²) < 4.78 is 0. The fraction of sp³-hybridized carbons (Fsp3) is 0.944. The second kappa shape index (κ2) is 6.12. The molecule has 0 aromatic rings. The molecule has 2 saturated heterocycles. The Hall–Kier alpha value is -0.610. The number of likely N-dealkylation sites (tertiary alicyclic amines) is 1. The predicted octanol–water partition coefficient (Wildman–Crippen LogP) is 1.91. The molecule has 22 heavy (non-hydrogen) atoms. The van der Waals surface area contributed by atoms with Crippen LogP contribution in [0.4, 0.5) is 0 Å². The lowest BCUT2D eigenvalue weighted by Crippen LogP contribution is -2.58. The van der Waals surface area contributed by atoms with Gasteiger partial charge >= 0.3 is 0 Å². The minimum atomic E-state index is 0.0217. The van der Waals surface area contributed by atoms with E-state index in [1.54, 1.807) is 0 Å². The normalized spacial score (nSPS) is 26.5. The molecule has 0 N–H and O–H groups in total. The van der Waals surface area contributed by atoms with Crippen LogP contribution in [0.2, 0.25) is 0 Å². The maximum absolute atomic E-state index is 12.6. The third-order valence-corrected chi connectivity index (χ3v) is 6.22. The Morgan fingerprint density at radius 2 is 1.64 bits per heavy atom. The van der Waals surface area contributed by atoms with Gasteiger partial charge in [-0.15, -0.1) is 0 Å². The summed E-state index contributed by atoms with van der Waals surface area (Å²) in [5.74, 6) is 1.66. The van der Waals surface area contributed by atoms with Gasteiger partial charge in [0.1, 0.15) is 0 Å². The molecular formula is C18H33N3O. The minimum Gasteiger partial charge on any atom is -0.341 e. The third kappa shape index (κ3) is 3.05. The Morgan fingerprint density at radius 3 is 2.09 bits per heavy atom. The number of carbonyl (C=O) groups excluding carboxylic acids is 1. The average molecular weight is 307 g/mol. The van der Waals surface area contributed by atoms with Gasteiger partial charge < -0.3 is 9.80 Å². The maximum Gasteiger partial charge on any atom is 0.229 e. The lowest BCUT2D eigenvalue weighted by molar-refractivity contribution is -0.146. The maximum atomic E-state index is 12.6. The first-order valence-corrected chi connectivity index (χ1v) is 9.18. The lowest BCUT2D eigenvalue weighted by atomic mass is 9.88. The van der Waals surface area contributed by atoms with Gasteiger partial charge in [0.2, 0.25) is 5.91 Å². The van der Waals surface area contributed by atoms with Crippen LogP contribution in [0.15, 0.2) is 0 Å². The Balaban J connectivity index is 1.39. The molecule has 1 saturated carbocycles. The van der Waals surface area contributed by atoms with E-state index in [9.17, 15) is 4.79 Å². The molecule has 3 fully saturated rings. The van der Waals surface area contributed by atoms with Crippen molar-refractivity contribution in [3.05, 3.63) is 0 Å². The molecule has 0 aromatic heterocycles. The lowest BCUT2D eigenvalue weighted by Gasteiger charge is -2.45. The molecule has 126 valence electrons. The number of carbonyl (C=O) groups is 1. The summed E-state index contributed by atoms with van der Waals surface area (Å²) >= 11 is 0. The van der Waals surface area contributed by atoms with Crippen LogP contribution >= 0.6 is 0 Å². The van der Waals surface area contributed by atoms with E-state index in [0.717, 1.165) is 25.9 Å². The van der Waals surface area contributed by atoms with Crippen molar-refractivity contribution in [3.63, 3.8) is 0 Å². The number of hydrogen-bond acceptors (Lipinski definition) is 3. The van der Waals surface area contributed by atoms with Crippen molar-refractivity contribution in [1.29, 1.82) is 0 Å². The Bertz CT molecular complexity index is 403. The molecule has 0 unspecified atom stereocenters. The summed E-state index contributed by atoms with van der Waals surface area (Å²) in [7, 11) is 0. The number of amides is 1. The third-order valence-electron chi connectivity index (χ3n) is 6.22. The topological polar surface area (TPSA) is 26.8 Å². The van der Waals surface area contributed by atoms with Crippen LogP contribution in [-0.4, -0.2) is 72.5 Å². The number of piperazine rings is 1. The van der Waals surface area contributed by atoms with Crippen molar-refractivity contribution < 1.29 is 4.79 Å². The Morgan fingerprint density at radius 1 is 1.05 bits per heavy atom. The van der Waals surface area contributed by atoms with E-state index < -0.39 is 0 Å². The molecule has 1 aliphatic carbocycles. The van der Waals surface area contributed by atoms with Gasteiger partial charge in [-0.2, -0.15) is 0 Å². The fourth-order valence-corrected chi connectivity index (χ4v) is 4.17. The van der Waals surface area contributed by atoms with Crippen molar-refractivity contribution in [2.45, 2.75) is 46.6 Å². The minimum absolute atomic E-state index is 0.0217. The van der Waals surface area contributed by atoms with Crippen molar-refractivity contribution in [3.8, 4) is 0 Å². The van der Waals surface area contributed by atoms with Gasteiger partial charge in [-0.3, -0.25) is 9.69 Å².